The fraction of sp³-hybridized carbons (Fsp3) is 0.533. The zero-order chi connectivity index (χ0) is 15.4. The minimum absolute atomic E-state index is 0.272. The highest BCUT2D eigenvalue weighted by molar-refractivity contribution is 6.05. The molecule has 1 N–H and O–H groups in total. The van der Waals surface area contributed by atoms with Gasteiger partial charge in [0.2, 0.25) is 0 Å². The first-order chi connectivity index (χ1) is 9.97. The van der Waals surface area contributed by atoms with Crippen LogP contribution >= 0.6 is 0 Å². The van der Waals surface area contributed by atoms with E-state index < -0.39 is 12.0 Å². The van der Waals surface area contributed by atoms with Crippen molar-refractivity contribution in [1.82, 2.24) is 14.5 Å². The molecule has 6 nitrogen and oxygen atoms in total. The SMILES string of the molecule is CC(C)CCn1cnc(C=C2CCCN(C(=O)O)C2=O)c1. The highest BCUT2D eigenvalue weighted by atomic mass is 16.4. The minimum atomic E-state index is -1.19. The van der Waals surface area contributed by atoms with E-state index in [9.17, 15) is 9.59 Å². The lowest BCUT2D eigenvalue weighted by Gasteiger charge is -2.23. The summed E-state index contributed by atoms with van der Waals surface area (Å²) in [4.78, 5) is 28.1. The van der Waals surface area contributed by atoms with E-state index in [-0.39, 0.29) is 6.54 Å². The summed E-state index contributed by atoms with van der Waals surface area (Å²) < 4.78 is 1.99. The molecule has 1 aliphatic heterocycles. The number of rotatable bonds is 4. The molecular weight excluding hydrogens is 270 g/mol. The maximum atomic E-state index is 12.0. The van der Waals surface area contributed by atoms with Crippen LogP contribution < -0.4 is 0 Å². The summed E-state index contributed by atoms with van der Waals surface area (Å²) >= 11 is 0. The van der Waals surface area contributed by atoms with Crippen LogP contribution in [0.4, 0.5) is 4.79 Å². The Morgan fingerprint density at radius 3 is 2.95 bits per heavy atom. The van der Waals surface area contributed by atoms with Gasteiger partial charge in [0.05, 0.1) is 12.0 Å². The summed E-state index contributed by atoms with van der Waals surface area (Å²) in [6, 6.07) is 0. The number of hydrogen-bond acceptors (Lipinski definition) is 3. The standard InChI is InChI=1S/C15H21N3O3/c1-11(2)5-7-17-9-13(16-10-17)8-12-4-3-6-18(14(12)19)15(20)21/h8-11H,3-7H2,1-2H3,(H,20,21). The van der Waals surface area contributed by atoms with E-state index in [4.69, 9.17) is 5.11 Å². The van der Waals surface area contributed by atoms with Gasteiger partial charge in [-0.25, -0.2) is 14.7 Å². The van der Waals surface area contributed by atoms with Crippen LogP contribution in [0.3, 0.4) is 0 Å². The molecule has 0 radical (unpaired) electrons. The first-order valence-corrected chi connectivity index (χ1v) is 7.24. The Balaban J connectivity index is 2.08. The molecule has 0 unspecified atom stereocenters. The number of likely N-dealkylation sites (tertiary alicyclic amines) is 1. The molecule has 1 aromatic heterocycles. The quantitative estimate of drug-likeness (QED) is 0.865. The number of hydrogen-bond donors (Lipinski definition) is 1. The molecule has 2 rings (SSSR count). The van der Waals surface area contributed by atoms with Gasteiger partial charge in [-0.1, -0.05) is 13.8 Å². The molecule has 0 spiro atoms. The Hall–Kier alpha value is -2.11. The summed E-state index contributed by atoms with van der Waals surface area (Å²) in [6.45, 7) is 5.50. The molecular formula is C15H21N3O3. The molecule has 6 heteroatoms. The van der Waals surface area contributed by atoms with Crippen molar-refractivity contribution in [2.75, 3.05) is 6.54 Å². The lowest BCUT2D eigenvalue weighted by atomic mass is 10.0. The summed E-state index contributed by atoms with van der Waals surface area (Å²) in [5.41, 5.74) is 1.21. The highest BCUT2D eigenvalue weighted by Gasteiger charge is 2.27. The summed E-state index contributed by atoms with van der Waals surface area (Å²) in [5.74, 6) is 0.198. The zero-order valence-corrected chi connectivity index (χ0v) is 12.5. The second-order valence-electron chi connectivity index (χ2n) is 5.73. The van der Waals surface area contributed by atoms with Crippen molar-refractivity contribution in [3.8, 4) is 0 Å². The van der Waals surface area contributed by atoms with Crippen molar-refractivity contribution >= 4 is 18.1 Å². The minimum Gasteiger partial charge on any atom is -0.465 e. The molecule has 0 aliphatic carbocycles. The maximum Gasteiger partial charge on any atom is 0.414 e. The highest BCUT2D eigenvalue weighted by Crippen LogP contribution is 2.19. The topological polar surface area (TPSA) is 75.4 Å². The number of carboxylic acid groups (broad SMARTS) is 1. The predicted molar refractivity (Wildman–Crippen MR) is 78.6 cm³/mol. The number of aryl methyl sites for hydroxylation is 1. The average Bonchev–Trinajstić information content (AvgIpc) is 2.86. The van der Waals surface area contributed by atoms with Gasteiger partial charge in [0.1, 0.15) is 0 Å². The van der Waals surface area contributed by atoms with Gasteiger partial charge in [0, 0.05) is 24.9 Å². The normalized spacial score (nSPS) is 17.8. The molecule has 1 aliphatic rings. The van der Waals surface area contributed by atoms with Gasteiger partial charge in [-0.2, -0.15) is 0 Å². The maximum absolute atomic E-state index is 12.0. The third-order valence-electron chi connectivity index (χ3n) is 3.52. The Bertz CT molecular complexity index is 560. The fourth-order valence-electron chi connectivity index (χ4n) is 2.29. The van der Waals surface area contributed by atoms with Crippen LogP contribution in [0.2, 0.25) is 0 Å². The Labute approximate surface area is 124 Å². The van der Waals surface area contributed by atoms with E-state index in [2.05, 4.69) is 18.8 Å². The largest absolute Gasteiger partial charge is 0.465 e. The van der Waals surface area contributed by atoms with Crippen molar-refractivity contribution in [3.63, 3.8) is 0 Å². The van der Waals surface area contributed by atoms with E-state index >= 15 is 0 Å². The number of aromatic nitrogens is 2. The van der Waals surface area contributed by atoms with Gasteiger partial charge >= 0.3 is 6.09 Å². The molecule has 114 valence electrons. The van der Waals surface area contributed by atoms with Gasteiger partial charge < -0.3 is 9.67 Å². The fourth-order valence-corrected chi connectivity index (χ4v) is 2.29. The number of nitrogens with zero attached hydrogens (tertiary/aromatic N) is 3. The van der Waals surface area contributed by atoms with Crippen molar-refractivity contribution in [2.24, 2.45) is 5.92 Å². The van der Waals surface area contributed by atoms with Crippen molar-refractivity contribution in [2.45, 2.75) is 39.7 Å². The van der Waals surface area contributed by atoms with Crippen molar-refractivity contribution in [3.05, 3.63) is 23.8 Å². The predicted octanol–water partition coefficient (Wildman–Crippen LogP) is 2.61. The van der Waals surface area contributed by atoms with Gasteiger partial charge in [0.25, 0.3) is 5.91 Å². The number of carbonyl (C=O) groups excluding carboxylic acids is 1. The number of piperidine rings is 1. The molecule has 2 heterocycles. The van der Waals surface area contributed by atoms with Crippen LogP contribution in [0.25, 0.3) is 6.08 Å². The van der Waals surface area contributed by atoms with E-state index in [1.165, 1.54) is 0 Å². The van der Waals surface area contributed by atoms with Gasteiger partial charge in [-0.05, 0) is 31.3 Å². The molecule has 21 heavy (non-hydrogen) atoms. The Kier molecular flexibility index (Phi) is 4.77. The first-order valence-electron chi connectivity index (χ1n) is 7.24. The van der Waals surface area contributed by atoms with E-state index in [0.29, 0.717) is 30.0 Å². The zero-order valence-electron chi connectivity index (χ0n) is 12.5. The summed E-state index contributed by atoms with van der Waals surface area (Å²) in [7, 11) is 0. The van der Waals surface area contributed by atoms with E-state index in [1.807, 2.05) is 10.8 Å². The number of amides is 2. The molecule has 1 fully saturated rings. The van der Waals surface area contributed by atoms with Crippen LogP contribution in [0.5, 0.6) is 0 Å². The van der Waals surface area contributed by atoms with Crippen LogP contribution in [0.15, 0.2) is 18.1 Å². The Morgan fingerprint density at radius 2 is 2.29 bits per heavy atom. The number of imide groups is 1. The second-order valence-corrected chi connectivity index (χ2v) is 5.73. The lowest BCUT2D eigenvalue weighted by molar-refractivity contribution is -0.126. The molecule has 1 saturated heterocycles. The van der Waals surface area contributed by atoms with Gasteiger partial charge in [-0.3, -0.25) is 4.79 Å². The summed E-state index contributed by atoms with van der Waals surface area (Å²) in [6.07, 6.45) is 6.48. The van der Waals surface area contributed by atoms with Crippen LogP contribution in [-0.4, -0.2) is 38.1 Å². The third kappa shape index (κ3) is 3.93. The summed E-state index contributed by atoms with van der Waals surface area (Å²) in [5, 5.41) is 8.98. The van der Waals surface area contributed by atoms with Crippen molar-refractivity contribution < 1.29 is 14.7 Å². The molecule has 2 amide bonds. The van der Waals surface area contributed by atoms with Crippen LogP contribution in [0.1, 0.15) is 38.8 Å². The van der Waals surface area contributed by atoms with E-state index in [0.717, 1.165) is 17.9 Å². The molecule has 0 aromatic carbocycles. The van der Waals surface area contributed by atoms with Crippen LogP contribution in [0, 0.1) is 5.92 Å². The van der Waals surface area contributed by atoms with Gasteiger partial charge in [-0.15, -0.1) is 0 Å². The average molecular weight is 291 g/mol. The monoisotopic (exact) mass is 291 g/mol. The smallest absolute Gasteiger partial charge is 0.414 e. The van der Waals surface area contributed by atoms with Gasteiger partial charge in [0.15, 0.2) is 0 Å². The van der Waals surface area contributed by atoms with E-state index in [1.54, 1.807) is 12.4 Å². The third-order valence-corrected chi connectivity index (χ3v) is 3.52. The molecule has 0 atom stereocenters. The molecule has 0 saturated carbocycles. The molecule has 0 bridgehead atoms. The number of carbonyl (C=O) groups is 2. The number of imidazole rings is 1. The van der Waals surface area contributed by atoms with Crippen LogP contribution in [-0.2, 0) is 11.3 Å². The first kappa shape index (κ1) is 15.3. The van der Waals surface area contributed by atoms with Crippen molar-refractivity contribution in [1.29, 1.82) is 0 Å². The second kappa shape index (κ2) is 6.56. The molecule has 1 aromatic rings. The lowest BCUT2D eigenvalue weighted by Crippen LogP contribution is -2.40. The Morgan fingerprint density at radius 1 is 1.52 bits per heavy atom.